The highest BCUT2D eigenvalue weighted by atomic mass is 35.5. The molecule has 0 unspecified atom stereocenters. The fourth-order valence-corrected chi connectivity index (χ4v) is 4.50. The number of hydrogen-bond donors (Lipinski definition) is 1. The normalized spacial score (nSPS) is 14.3. The lowest BCUT2D eigenvalue weighted by Crippen LogP contribution is -2.33. The smallest absolute Gasteiger partial charge is 0.293 e. The van der Waals surface area contributed by atoms with Gasteiger partial charge in [-0.1, -0.05) is 30.7 Å². The van der Waals surface area contributed by atoms with Crippen LogP contribution in [0.4, 0.5) is 17.1 Å². The van der Waals surface area contributed by atoms with E-state index in [-0.39, 0.29) is 11.3 Å². The average Bonchev–Trinajstić information content (AvgIpc) is 3.27. The molecule has 1 aliphatic heterocycles. The van der Waals surface area contributed by atoms with Gasteiger partial charge in [0.15, 0.2) is 5.58 Å². The number of aromatic nitrogens is 1. The Kier molecular flexibility index (Phi) is 6.13. The molecule has 35 heavy (non-hydrogen) atoms. The van der Waals surface area contributed by atoms with Crippen molar-refractivity contribution in [1.29, 1.82) is 0 Å². The van der Waals surface area contributed by atoms with Gasteiger partial charge in [-0.3, -0.25) is 14.9 Å². The van der Waals surface area contributed by atoms with Gasteiger partial charge < -0.3 is 14.6 Å². The number of nitrogens with one attached hydrogen (secondary N) is 1. The number of halogens is 1. The summed E-state index contributed by atoms with van der Waals surface area (Å²) in [5.74, 6) is 0.548. The lowest BCUT2D eigenvalue weighted by molar-refractivity contribution is -0.384. The van der Waals surface area contributed by atoms with Crippen molar-refractivity contribution in [3.8, 4) is 11.5 Å². The van der Waals surface area contributed by atoms with E-state index in [1.807, 2.05) is 23.1 Å². The number of nitrogens with zero attached hydrogens (tertiary/aromatic N) is 3. The van der Waals surface area contributed by atoms with Gasteiger partial charge in [0.1, 0.15) is 11.2 Å². The molecule has 9 heteroatoms. The number of hydrogen-bond acceptors (Lipinski definition) is 6. The van der Waals surface area contributed by atoms with Gasteiger partial charge in [-0.25, -0.2) is 4.98 Å². The lowest BCUT2D eigenvalue weighted by Gasteiger charge is -2.31. The second-order valence-electron chi connectivity index (χ2n) is 8.77. The molecule has 0 aliphatic carbocycles. The molecule has 1 amide bonds. The Bertz CT molecular complexity index is 1430. The van der Waals surface area contributed by atoms with Crippen LogP contribution in [0.5, 0.6) is 0 Å². The molecule has 0 bridgehead atoms. The van der Waals surface area contributed by atoms with E-state index in [9.17, 15) is 14.9 Å². The molecule has 0 saturated carbocycles. The molecule has 1 fully saturated rings. The Labute approximate surface area is 206 Å². The highest BCUT2D eigenvalue weighted by Gasteiger charge is 2.25. The second kappa shape index (κ2) is 9.38. The van der Waals surface area contributed by atoms with E-state index in [0.717, 1.165) is 25.9 Å². The number of carbonyl (C=O) groups is 1. The van der Waals surface area contributed by atoms with Gasteiger partial charge in [0.2, 0.25) is 5.89 Å². The zero-order chi connectivity index (χ0) is 24.5. The van der Waals surface area contributed by atoms with Gasteiger partial charge in [-0.2, -0.15) is 0 Å². The molecular weight excluding hydrogens is 468 g/mol. The summed E-state index contributed by atoms with van der Waals surface area (Å²) in [5.41, 5.74) is 2.97. The predicted molar refractivity (Wildman–Crippen MR) is 136 cm³/mol. The van der Waals surface area contributed by atoms with Crippen LogP contribution in [0.15, 0.2) is 65.1 Å². The number of rotatable bonds is 5. The van der Waals surface area contributed by atoms with E-state index in [2.05, 4.69) is 17.2 Å². The Balaban J connectivity index is 1.38. The summed E-state index contributed by atoms with van der Waals surface area (Å²) < 4.78 is 5.81. The van der Waals surface area contributed by atoms with Gasteiger partial charge >= 0.3 is 0 Å². The summed E-state index contributed by atoms with van der Waals surface area (Å²) in [6, 6.07) is 17.0. The van der Waals surface area contributed by atoms with Crippen molar-refractivity contribution >= 4 is 45.7 Å². The van der Waals surface area contributed by atoms with Crippen LogP contribution in [0.1, 0.15) is 30.1 Å². The SMILES string of the molecule is CC1CCN(c2ccc(C(=O)Nc3ccc4oc(-c5ccccc5Cl)nc4c3)cc2[N+](=O)[O-])CC1. The van der Waals surface area contributed by atoms with Crippen molar-refractivity contribution in [3.63, 3.8) is 0 Å². The van der Waals surface area contributed by atoms with E-state index < -0.39 is 10.8 Å². The van der Waals surface area contributed by atoms with E-state index in [1.165, 1.54) is 6.07 Å². The molecule has 4 aromatic rings. The summed E-state index contributed by atoms with van der Waals surface area (Å²) in [4.78, 5) is 30.8. The Morgan fingerprint density at radius 1 is 1.14 bits per heavy atom. The van der Waals surface area contributed by atoms with E-state index in [1.54, 1.807) is 36.4 Å². The summed E-state index contributed by atoms with van der Waals surface area (Å²) in [5, 5.41) is 15.1. The van der Waals surface area contributed by atoms with Gasteiger partial charge in [0, 0.05) is 30.4 Å². The lowest BCUT2D eigenvalue weighted by atomic mass is 9.98. The van der Waals surface area contributed by atoms with Crippen molar-refractivity contribution in [2.24, 2.45) is 5.92 Å². The molecule has 0 radical (unpaired) electrons. The Hall–Kier alpha value is -3.91. The molecule has 2 heterocycles. The number of nitro benzene ring substituents is 1. The van der Waals surface area contributed by atoms with Gasteiger partial charge in [-0.05, 0) is 61.2 Å². The third-order valence-electron chi connectivity index (χ3n) is 6.31. The standard InChI is InChI=1S/C26H23ClN4O4/c1-16-10-12-30(13-11-16)22-8-6-17(14-23(22)31(33)34)25(32)28-18-7-9-24-21(15-18)29-26(35-24)19-4-2-3-5-20(19)27/h2-9,14-16H,10-13H2,1H3,(H,28,32). The molecular formula is C26H23ClN4O4. The van der Waals surface area contributed by atoms with Gasteiger partial charge in [-0.15, -0.1) is 0 Å². The molecule has 5 rings (SSSR count). The van der Waals surface area contributed by atoms with Crippen LogP contribution in [-0.4, -0.2) is 28.9 Å². The number of carbonyl (C=O) groups excluding carboxylic acids is 1. The fraction of sp³-hybridized carbons (Fsp3) is 0.231. The Morgan fingerprint density at radius 3 is 2.66 bits per heavy atom. The number of piperidine rings is 1. The van der Waals surface area contributed by atoms with Crippen LogP contribution in [0.3, 0.4) is 0 Å². The summed E-state index contributed by atoms with van der Waals surface area (Å²) in [7, 11) is 0. The average molecular weight is 491 g/mol. The molecule has 1 aliphatic rings. The summed E-state index contributed by atoms with van der Waals surface area (Å²) in [6.07, 6.45) is 1.98. The van der Waals surface area contributed by atoms with Crippen LogP contribution in [0, 0.1) is 16.0 Å². The molecule has 8 nitrogen and oxygen atoms in total. The van der Waals surface area contributed by atoms with Crippen LogP contribution in [0.2, 0.25) is 5.02 Å². The fourth-order valence-electron chi connectivity index (χ4n) is 4.29. The zero-order valence-corrected chi connectivity index (χ0v) is 19.8. The number of anilines is 2. The summed E-state index contributed by atoms with van der Waals surface area (Å²) >= 11 is 6.25. The second-order valence-corrected chi connectivity index (χ2v) is 9.17. The van der Waals surface area contributed by atoms with Crippen LogP contribution >= 0.6 is 11.6 Å². The van der Waals surface area contributed by atoms with Crippen molar-refractivity contribution in [1.82, 2.24) is 4.98 Å². The highest BCUT2D eigenvalue weighted by molar-refractivity contribution is 6.33. The van der Waals surface area contributed by atoms with E-state index in [4.69, 9.17) is 16.0 Å². The van der Waals surface area contributed by atoms with E-state index >= 15 is 0 Å². The molecule has 1 aromatic heterocycles. The molecule has 1 saturated heterocycles. The van der Waals surface area contributed by atoms with Gasteiger partial charge in [0.05, 0.1) is 15.5 Å². The minimum atomic E-state index is -0.443. The number of nitro groups is 1. The van der Waals surface area contributed by atoms with Crippen LogP contribution < -0.4 is 10.2 Å². The quantitative estimate of drug-likeness (QED) is 0.251. The molecule has 1 N–H and O–H groups in total. The highest BCUT2D eigenvalue weighted by Crippen LogP contribution is 2.33. The Morgan fingerprint density at radius 2 is 1.91 bits per heavy atom. The first kappa shape index (κ1) is 22.9. The number of oxazole rings is 1. The molecule has 0 atom stereocenters. The minimum Gasteiger partial charge on any atom is -0.436 e. The van der Waals surface area contributed by atoms with Crippen LogP contribution in [0.25, 0.3) is 22.6 Å². The maximum Gasteiger partial charge on any atom is 0.293 e. The van der Waals surface area contributed by atoms with Crippen LogP contribution in [-0.2, 0) is 0 Å². The third kappa shape index (κ3) is 4.70. The number of fused-ring (bicyclic) bond motifs is 1. The maximum absolute atomic E-state index is 12.9. The van der Waals surface area contributed by atoms with Crippen molar-refractivity contribution < 1.29 is 14.1 Å². The van der Waals surface area contributed by atoms with E-state index in [0.29, 0.717) is 44.9 Å². The number of amides is 1. The zero-order valence-electron chi connectivity index (χ0n) is 19.0. The topological polar surface area (TPSA) is 102 Å². The first-order valence-corrected chi connectivity index (χ1v) is 11.8. The number of benzene rings is 3. The summed E-state index contributed by atoms with van der Waals surface area (Å²) in [6.45, 7) is 3.72. The third-order valence-corrected chi connectivity index (χ3v) is 6.64. The molecule has 0 spiro atoms. The maximum atomic E-state index is 12.9. The molecule has 3 aromatic carbocycles. The van der Waals surface area contributed by atoms with Crippen molar-refractivity contribution in [3.05, 3.63) is 81.4 Å². The van der Waals surface area contributed by atoms with Crippen molar-refractivity contribution in [2.45, 2.75) is 19.8 Å². The first-order valence-electron chi connectivity index (χ1n) is 11.4. The monoisotopic (exact) mass is 490 g/mol. The van der Waals surface area contributed by atoms with Gasteiger partial charge in [0.25, 0.3) is 11.6 Å². The predicted octanol–water partition coefficient (Wildman–Crippen LogP) is 6.55. The minimum absolute atomic E-state index is 0.0662. The first-order chi connectivity index (χ1) is 16.9. The van der Waals surface area contributed by atoms with Crippen molar-refractivity contribution in [2.75, 3.05) is 23.3 Å². The molecule has 178 valence electrons. The largest absolute Gasteiger partial charge is 0.436 e.